The number of aromatic nitrogens is 2. The van der Waals surface area contributed by atoms with Gasteiger partial charge in [0.05, 0.1) is 23.3 Å². The number of hydrogen-bond acceptors (Lipinski definition) is 6. The molecule has 0 aliphatic carbocycles. The van der Waals surface area contributed by atoms with E-state index in [1.54, 1.807) is 0 Å². The first-order valence-electron chi connectivity index (χ1n) is 10.5. The van der Waals surface area contributed by atoms with Crippen molar-refractivity contribution in [2.24, 2.45) is 0 Å². The quantitative estimate of drug-likeness (QED) is 0.645. The highest BCUT2D eigenvalue weighted by Crippen LogP contribution is 2.38. The number of anilines is 1. The van der Waals surface area contributed by atoms with Crippen LogP contribution in [0.5, 0.6) is 5.75 Å². The van der Waals surface area contributed by atoms with E-state index in [-0.39, 0.29) is 24.7 Å². The summed E-state index contributed by atoms with van der Waals surface area (Å²) in [5, 5.41) is 3.40. The predicted molar refractivity (Wildman–Crippen MR) is 113 cm³/mol. The van der Waals surface area contributed by atoms with E-state index in [1.165, 1.54) is 0 Å². The summed E-state index contributed by atoms with van der Waals surface area (Å²) in [6.45, 7) is 3.63. The SMILES string of the molecule is CCOC(=O)Cc1nc2cc(C3Nc4ccccc4O3)ccc2n1C1CCOCC1. The Morgan fingerprint density at radius 3 is 2.87 bits per heavy atom. The number of carbonyl (C=O) groups is 1. The minimum Gasteiger partial charge on any atom is -0.466 e. The molecule has 0 amide bonds. The molecule has 2 aromatic carbocycles. The number of esters is 1. The van der Waals surface area contributed by atoms with Crippen LogP contribution in [0.25, 0.3) is 11.0 Å². The van der Waals surface area contributed by atoms with Gasteiger partial charge in [0.15, 0.2) is 6.23 Å². The van der Waals surface area contributed by atoms with Gasteiger partial charge in [-0.15, -0.1) is 0 Å². The van der Waals surface area contributed by atoms with Crippen molar-refractivity contribution in [3.8, 4) is 5.75 Å². The Balaban J connectivity index is 1.50. The third-order valence-electron chi connectivity index (χ3n) is 5.67. The first-order chi connectivity index (χ1) is 14.7. The second-order valence-corrected chi connectivity index (χ2v) is 7.61. The highest BCUT2D eigenvalue weighted by molar-refractivity contribution is 5.80. The van der Waals surface area contributed by atoms with Crippen LogP contribution in [-0.4, -0.2) is 35.3 Å². The molecule has 0 radical (unpaired) electrons. The van der Waals surface area contributed by atoms with Gasteiger partial charge in [-0.05, 0) is 44.0 Å². The fourth-order valence-corrected chi connectivity index (χ4v) is 4.28. The van der Waals surface area contributed by atoms with E-state index < -0.39 is 0 Å². The summed E-state index contributed by atoms with van der Waals surface area (Å²) < 4.78 is 19.0. The van der Waals surface area contributed by atoms with E-state index in [0.717, 1.165) is 59.9 Å². The molecule has 2 aliphatic heterocycles. The lowest BCUT2D eigenvalue weighted by atomic mass is 10.1. The molecule has 156 valence electrons. The number of carbonyl (C=O) groups excluding carboxylic acids is 1. The molecule has 1 N–H and O–H groups in total. The molecule has 2 aliphatic rings. The van der Waals surface area contributed by atoms with E-state index in [9.17, 15) is 4.79 Å². The van der Waals surface area contributed by atoms with Gasteiger partial charge in [-0.2, -0.15) is 0 Å². The standard InChI is InChI=1S/C23H25N3O4/c1-2-29-22(27)14-21-24-18-13-15(23-25-17-5-3-4-6-20(17)30-23)7-8-19(18)26(21)16-9-11-28-12-10-16/h3-8,13,16,23,25H,2,9-12,14H2,1H3. The molecular weight excluding hydrogens is 382 g/mol. The Hall–Kier alpha value is -3.06. The molecule has 7 heteroatoms. The van der Waals surface area contributed by atoms with E-state index in [1.807, 2.05) is 37.3 Å². The number of benzene rings is 2. The van der Waals surface area contributed by atoms with E-state index in [4.69, 9.17) is 19.2 Å². The molecule has 5 rings (SSSR count). The number of nitrogens with zero attached hydrogens (tertiary/aromatic N) is 2. The van der Waals surface area contributed by atoms with Crippen molar-refractivity contribution < 1.29 is 19.0 Å². The van der Waals surface area contributed by atoms with Gasteiger partial charge >= 0.3 is 5.97 Å². The molecule has 1 atom stereocenters. The Bertz CT molecular complexity index is 1050. The topological polar surface area (TPSA) is 74.6 Å². The molecule has 1 saturated heterocycles. The summed E-state index contributed by atoms with van der Waals surface area (Å²) in [6, 6.07) is 14.4. The summed E-state index contributed by atoms with van der Waals surface area (Å²) in [7, 11) is 0. The summed E-state index contributed by atoms with van der Waals surface area (Å²) >= 11 is 0. The Kier molecular flexibility index (Phi) is 5.04. The number of para-hydroxylation sites is 2. The lowest BCUT2D eigenvalue weighted by molar-refractivity contribution is -0.142. The number of hydrogen-bond donors (Lipinski definition) is 1. The molecule has 7 nitrogen and oxygen atoms in total. The molecule has 3 aromatic rings. The highest BCUT2D eigenvalue weighted by atomic mass is 16.5. The molecule has 0 bridgehead atoms. The number of rotatable bonds is 5. The van der Waals surface area contributed by atoms with Crippen molar-refractivity contribution in [3.05, 3.63) is 53.9 Å². The van der Waals surface area contributed by atoms with Gasteiger partial charge in [0.2, 0.25) is 0 Å². The summed E-state index contributed by atoms with van der Waals surface area (Å²) in [6.07, 6.45) is 1.73. The van der Waals surface area contributed by atoms with Crippen LogP contribution < -0.4 is 10.1 Å². The Morgan fingerprint density at radius 1 is 1.23 bits per heavy atom. The number of fused-ring (bicyclic) bond motifs is 2. The zero-order valence-electron chi connectivity index (χ0n) is 17.0. The van der Waals surface area contributed by atoms with E-state index in [2.05, 4.69) is 22.0 Å². The van der Waals surface area contributed by atoms with Crippen LogP contribution in [0.2, 0.25) is 0 Å². The van der Waals surface area contributed by atoms with Crippen molar-refractivity contribution in [1.29, 1.82) is 0 Å². The zero-order valence-corrected chi connectivity index (χ0v) is 17.0. The number of ether oxygens (including phenoxy) is 3. The highest BCUT2D eigenvalue weighted by Gasteiger charge is 2.26. The van der Waals surface area contributed by atoms with Gasteiger partial charge in [-0.1, -0.05) is 18.2 Å². The summed E-state index contributed by atoms with van der Waals surface area (Å²) in [5.41, 5.74) is 3.87. The average molecular weight is 407 g/mol. The van der Waals surface area contributed by atoms with Crippen LogP contribution in [0, 0.1) is 0 Å². The van der Waals surface area contributed by atoms with Crippen LogP contribution in [-0.2, 0) is 20.7 Å². The van der Waals surface area contributed by atoms with Gasteiger partial charge in [0.25, 0.3) is 0 Å². The van der Waals surface area contributed by atoms with Gasteiger partial charge in [0.1, 0.15) is 18.0 Å². The molecule has 1 aromatic heterocycles. The maximum atomic E-state index is 12.2. The number of imidazole rings is 1. The van der Waals surface area contributed by atoms with Crippen LogP contribution >= 0.6 is 0 Å². The number of nitrogens with one attached hydrogen (secondary N) is 1. The fraction of sp³-hybridized carbons (Fsp3) is 0.391. The van der Waals surface area contributed by atoms with Crippen LogP contribution in [0.4, 0.5) is 5.69 Å². The minimum atomic E-state index is -0.256. The van der Waals surface area contributed by atoms with Crippen molar-refractivity contribution in [2.45, 2.75) is 38.5 Å². The molecule has 0 spiro atoms. The molecular formula is C23H25N3O4. The van der Waals surface area contributed by atoms with Gasteiger partial charge in [-0.3, -0.25) is 4.79 Å². The third-order valence-corrected chi connectivity index (χ3v) is 5.67. The maximum absolute atomic E-state index is 12.2. The Morgan fingerprint density at radius 2 is 2.07 bits per heavy atom. The lowest BCUT2D eigenvalue weighted by Crippen LogP contribution is -2.22. The average Bonchev–Trinajstić information content (AvgIpc) is 3.35. The zero-order chi connectivity index (χ0) is 20.5. The molecule has 1 fully saturated rings. The normalized spacial score (nSPS) is 18.6. The van der Waals surface area contributed by atoms with E-state index >= 15 is 0 Å². The van der Waals surface area contributed by atoms with Crippen molar-refractivity contribution >= 4 is 22.7 Å². The van der Waals surface area contributed by atoms with Crippen molar-refractivity contribution in [2.75, 3.05) is 25.1 Å². The first kappa shape index (κ1) is 18.9. The van der Waals surface area contributed by atoms with Crippen LogP contribution in [0.1, 0.15) is 43.4 Å². The largest absolute Gasteiger partial charge is 0.466 e. The lowest BCUT2D eigenvalue weighted by Gasteiger charge is -2.25. The van der Waals surface area contributed by atoms with Gasteiger partial charge in [-0.25, -0.2) is 4.98 Å². The Labute approximate surface area is 174 Å². The van der Waals surface area contributed by atoms with E-state index in [0.29, 0.717) is 6.61 Å². The molecule has 30 heavy (non-hydrogen) atoms. The van der Waals surface area contributed by atoms with Gasteiger partial charge in [0, 0.05) is 24.8 Å². The monoisotopic (exact) mass is 407 g/mol. The second kappa shape index (κ2) is 7.99. The minimum absolute atomic E-state index is 0.166. The fourth-order valence-electron chi connectivity index (χ4n) is 4.28. The maximum Gasteiger partial charge on any atom is 0.313 e. The smallest absolute Gasteiger partial charge is 0.313 e. The van der Waals surface area contributed by atoms with Crippen molar-refractivity contribution in [1.82, 2.24) is 9.55 Å². The molecule has 3 heterocycles. The molecule has 0 saturated carbocycles. The molecule has 1 unspecified atom stereocenters. The first-order valence-corrected chi connectivity index (χ1v) is 10.5. The van der Waals surface area contributed by atoms with Crippen LogP contribution in [0.15, 0.2) is 42.5 Å². The predicted octanol–water partition coefficient (Wildman–Crippen LogP) is 4.00. The third kappa shape index (κ3) is 3.50. The van der Waals surface area contributed by atoms with Gasteiger partial charge < -0.3 is 24.1 Å². The summed E-state index contributed by atoms with van der Waals surface area (Å²) in [4.78, 5) is 17.0. The second-order valence-electron chi connectivity index (χ2n) is 7.61. The van der Waals surface area contributed by atoms with Crippen LogP contribution in [0.3, 0.4) is 0 Å². The summed E-state index contributed by atoms with van der Waals surface area (Å²) in [5.74, 6) is 1.34. The van der Waals surface area contributed by atoms with Crippen molar-refractivity contribution in [3.63, 3.8) is 0 Å².